The van der Waals surface area contributed by atoms with Crippen LogP contribution in [-0.2, 0) is 4.79 Å². The normalized spacial score (nSPS) is 9.86. The highest BCUT2D eigenvalue weighted by Gasteiger charge is 2.14. The molecule has 6 heteroatoms. The van der Waals surface area contributed by atoms with Crippen LogP contribution in [0.3, 0.4) is 0 Å². The Kier molecular flexibility index (Phi) is 4.98. The zero-order valence-electron chi connectivity index (χ0n) is 11.9. The molecule has 0 aliphatic carbocycles. The Balaban J connectivity index is 2.05. The maximum Gasteiger partial charge on any atom is 0.337 e. The molecular weight excluding hydrogens is 286 g/mol. The lowest BCUT2D eigenvalue weighted by Gasteiger charge is -2.11. The van der Waals surface area contributed by atoms with E-state index in [9.17, 15) is 9.59 Å². The first kappa shape index (κ1) is 15.4. The highest BCUT2D eigenvalue weighted by molar-refractivity contribution is 6.01. The van der Waals surface area contributed by atoms with Crippen molar-refractivity contribution in [2.45, 2.75) is 0 Å². The first-order chi connectivity index (χ1) is 10.6. The van der Waals surface area contributed by atoms with Gasteiger partial charge in [0, 0.05) is 6.07 Å². The average molecular weight is 301 g/mol. The van der Waals surface area contributed by atoms with Gasteiger partial charge in [-0.05, 0) is 24.3 Å². The zero-order chi connectivity index (χ0) is 15.9. The van der Waals surface area contributed by atoms with Crippen molar-refractivity contribution in [1.82, 2.24) is 0 Å². The summed E-state index contributed by atoms with van der Waals surface area (Å²) in [6, 6.07) is 13.2. The van der Waals surface area contributed by atoms with Gasteiger partial charge in [0.25, 0.3) is 5.91 Å². The highest BCUT2D eigenvalue weighted by atomic mass is 16.5. The summed E-state index contributed by atoms with van der Waals surface area (Å²) in [6.45, 7) is -0.222. The molecule has 0 saturated carbocycles. The lowest BCUT2D eigenvalue weighted by Crippen LogP contribution is -2.21. The number of carboxylic acid groups (broad SMARTS) is 1. The van der Waals surface area contributed by atoms with E-state index >= 15 is 0 Å². The van der Waals surface area contributed by atoms with Gasteiger partial charge in [-0.15, -0.1) is 0 Å². The Morgan fingerprint density at radius 3 is 2.45 bits per heavy atom. The predicted octanol–water partition coefficient (Wildman–Crippen LogP) is 2.41. The van der Waals surface area contributed by atoms with Gasteiger partial charge in [0.05, 0.1) is 18.4 Å². The Bertz CT molecular complexity index is 669. The summed E-state index contributed by atoms with van der Waals surface area (Å²) in [5.41, 5.74) is 0.141. The van der Waals surface area contributed by atoms with E-state index in [1.165, 1.54) is 25.3 Å². The van der Waals surface area contributed by atoms with Crippen LogP contribution in [-0.4, -0.2) is 30.7 Å². The summed E-state index contributed by atoms with van der Waals surface area (Å²) in [6.07, 6.45) is 0. The molecule has 22 heavy (non-hydrogen) atoms. The van der Waals surface area contributed by atoms with Gasteiger partial charge in [-0.1, -0.05) is 18.2 Å². The third-order valence-corrected chi connectivity index (χ3v) is 2.84. The minimum Gasteiger partial charge on any atom is -0.497 e. The molecule has 2 rings (SSSR count). The summed E-state index contributed by atoms with van der Waals surface area (Å²) < 4.78 is 10.3. The van der Waals surface area contributed by atoms with Crippen molar-refractivity contribution in [3.8, 4) is 11.5 Å². The fourth-order valence-electron chi connectivity index (χ4n) is 1.79. The smallest absolute Gasteiger partial charge is 0.337 e. The number of rotatable bonds is 6. The van der Waals surface area contributed by atoms with Crippen molar-refractivity contribution in [1.29, 1.82) is 0 Å². The predicted molar refractivity (Wildman–Crippen MR) is 80.5 cm³/mol. The van der Waals surface area contributed by atoms with E-state index < -0.39 is 11.9 Å². The van der Waals surface area contributed by atoms with Gasteiger partial charge in [0.15, 0.2) is 6.61 Å². The van der Waals surface area contributed by atoms with Crippen LogP contribution in [0.1, 0.15) is 10.4 Å². The molecule has 0 heterocycles. The van der Waals surface area contributed by atoms with Gasteiger partial charge in [0.2, 0.25) is 0 Å². The topological polar surface area (TPSA) is 84.9 Å². The molecule has 0 radical (unpaired) electrons. The third kappa shape index (κ3) is 3.99. The quantitative estimate of drug-likeness (QED) is 0.856. The van der Waals surface area contributed by atoms with Gasteiger partial charge in [-0.25, -0.2) is 4.79 Å². The fourth-order valence-corrected chi connectivity index (χ4v) is 1.79. The van der Waals surface area contributed by atoms with E-state index in [0.29, 0.717) is 11.5 Å². The number of nitrogens with one attached hydrogen (secondary N) is 1. The fraction of sp³-hybridized carbons (Fsp3) is 0.125. The van der Waals surface area contributed by atoms with Crippen molar-refractivity contribution in [3.63, 3.8) is 0 Å². The molecular formula is C16H15NO5. The first-order valence-corrected chi connectivity index (χ1v) is 6.49. The molecule has 2 aromatic rings. The zero-order valence-corrected chi connectivity index (χ0v) is 11.9. The number of aromatic carboxylic acids is 1. The molecule has 0 aliphatic rings. The number of ether oxygens (including phenoxy) is 2. The van der Waals surface area contributed by atoms with Gasteiger partial charge in [0.1, 0.15) is 11.5 Å². The van der Waals surface area contributed by atoms with Crippen molar-refractivity contribution in [2.75, 3.05) is 19.0 Å². The van der Waals surface area contributed by atoms with Crippen molar-refractivity contribution in [3.05, 3.63) is 54.1 Å². The van der Waals surface area contributed by atoms with E-state index in [1.54, 1.807) is 24.3 Å². The Morgan fingerprint density at radius 1 is 1.09 bits per heavy atom. The van der Waals surface area contributed by atoms with Gasteiger partial charge < -0.3 is 19.9 Å². The van der Waals surface area contributed by atoms with E-state index in [-0.39, 0.29) is 17.9 Å². The van der Waals surface area contributed by atoms with E-state index in [0.717, 1.165) is 0 Å². The molecule has 0 fully saturated rings. The molecule has 0 spiro atoms. The number of benzene rings is 2. The number of hydrogen-bond acceptors (Lipinski definition) is 4. The van der Waals surface area contributed by atoms with Crippen LogP contribution in [0.2, 0.25) is 0 Å². The summed E-state index contributed by atoms with van der Waals surface area (Å²) >= 11 is 0. The summed E-state index contributed by atoms with van der Waals surface area (Å²) in [4.78, 5) is 23.0. The van der Waals surface area contributed by atoms with Crippen molar-refractivity contribution < 1.29 is 24.2 Å². The maximum absolute atomic E-state index is 11.9. The van der Waals surface area contributed by atoms with Crippen LogP contribution in [0.15, 0.2) is 48.5 Å². The second kappa shape index (κ2) is 7.12. The molecule has 1 amide bonds. The number of carboxylic acids is 1. The molecule has 0 aromatic heterocycles. The lowest BCUT2D eigenvalue weighted by atomic mass is 10.1. The molecule has 0 bridgehead atoms. The number of anilines is 1. The number of amides is 1. The monoisotopic (exact) mass is 301 g/mol. The first-order valence-electron chi connectivity index (χ1n) is 6.49. The number of carbonyl (C=O) groups is 2. The van der Waals surface area contributed by atoms with Crippen LogP contribution in [0.5, 0.6) is 11.5 Å². The molecule has 6 nitrogen and oxygen atoms in total. The molecule has 0 aliphatic heterocycles. The van der Waals surface area contributed by atoms with Gasteiger partial charge in [-0.2, -0.15) is 0 Å². The molecule has 2 N–H and O–H groups in total. The van der Waals surface area contributed by atoms with Crippen LogP contribution in [0.4, 0.5) is 5.69 Å². The van der Waals surface area contributed by atoms with Gasteiger partial charge in [-0.3, -0.25) is 4.79 Å². The number of carbonyl (C=O) groups excluding carboxylic acids is 1. The van der Waals surface area contributed by atoms with E-state index in [4.69, 9.17) is 14.6 Å². The summed E-state index contributed by atoms with van der Waals surface area (Å²) in [7, 11) is 1.46. The standard InChI is InChI=1S/C16H15NO5/c1-21-12-7-8-13(16(19)20)14(9-12)17-15(18)10-22-11-5-3-2-4-6-11/h2-9H,10H2,1H3,(H,17,18)(H,19,20). The minimum atomic E-state index is -1.14. The molecule has 114 valence electrons. The summed E-state index contributed by atoms with van der Waals surface area (Å²) in [5.74, 6) is -0.590. The maximum atomic E-state index is 11.9. The second-order valence-corrected chi connectivity index (χ2v) is 4.37. The molecule has 0 unspecified atom stereocenters. The lowest BCUT2D eigenvalue weighted by molar-refractivity contribution is -0.118. The number of para-hydroxylation sites is 1. The Hall–Kier alpha value is -3.02. The largest absolute Gasteiger partial charge is 0.497 e. The number of hydrogen-bond donors (Lipinski definition) is 2. The van der Waals surface area contributed by atoms with E-state index in [2.05, 4.69) is 5.32 Å². The van der Waals surface area contributed by atoms with E-state index in [1.807, 2.05) is 6.07 Å². The SMILES string of the molecule is COc1ccc(C(=O)O)c(NC(=O)COc2ccccc2)c1. The van der Waals surface area contributed by atoms with Crippen LogP contribution >= 0.6 is 0 Å². The molecule has 2 aromatic carbocycles. The highest BCUT2D eigenvalue weighted by Crippen LogP contribution is 2.22. The number of methoxy groups -OCH3 is 1. The Morgan fingerprint density at radius 2 is 1.82 bits per heavy atom. The van der Waals surface area contributed by atoms with Crippen LogP contribution < -0.4 is 14.8 Å². The molecule has 0 saturated heterocycles. The van der Waals surface area contributed by atoms with Gasteiger partial charge >= 0.3 is 5.97 Å². The van der Waals surface area contributed by atoms with Crippen LogP contribution in [0.25, 0.3) is 0 Å². The summed E-state index contributed by atoms with van der Waals surface area (Å²) in [5, 5.41) is 11.6. The molecule has 0 atom stereocenters. The minimum absolute atomic E-state index is 0.0196. The van der Waals surface area contributed by atoms with Crippen molar-refractivity contribution >= 4 is 17.6 Å². The van der Waals surface area contributed by atoms with Crippen LogP contribution in [0, 0.1) is 0 Å². The Labute approximate surface area is 127 Å². The van der Waals surface area contributed by atoms with Crippen molar-refractivity contribution in [2.24, 2.45) is 0 Å². The second-order valence-electron chi connectivity index (χ2n) is 4.37. The third-order valence-electron chi connectivity index (χ3n) is 2.84. The average Bonchev–Trinajstić information content (AvgIpc) is 2.53.